The van der Waals surface area contributed by atoms with E-state index in [0.29, 0.717) is 6.61 Å². The zero-order valence-corrected chi connectivity index (χ0v) is 5.27. The quantitative estimate of drug-likeness (QED) is 0.531. The van der Waals surface area contributed by atoms with Gasteiger partial charge in [0.05, 0.1) is 7.11 Å². The number of rotatable bonds is 3. The van der Waals surface area contributed by atoms with E-state index >= 15 is 0 Å². The maximum absolute atomic E-state index is 10.1. The van der Waals surface area contributed by atoms with Gasteiger partial charge < -0.3 is 0 Å². The highest BCUT2D eigenvalue weighted by molar-refractivity contribution is 7.33. The van der Waals surface area contributed by atoms with Crippen LogP contribution in [0.2, 0.25) is 0 Å². The fraction of sp³-hybridized carbons (Fsp3) is 1.00. The molecule has 0 rings (SSSR count). The zero-order chi connectivity index (χ0) is 5.70. The van der Waals surface area contributed by atoms with Gasteiger partial charge >= 0.3 is 8.25 Å². The van der Waals surface area contributed by atoms with Crippen molar-refractivity contribution in [1.29, 1.82) is 0 Å². The van der Waals surface area contributed by atoms with Gasteiger partial charge in [-0.25, -0.2) is 0 Å². The molecule has 0 aromatic heterocycles. The van der Waals surface area contributed by atoms with Crippen molar-refractivity contribution >= 4 is 8.25 Å². The Hall–Kier alpha value is 0.0200. The lowest BCUT2D eigenvalue weighted by molar-refractivity contribution is 0.268. The Labute approximate surface area is 43.6 Å². The predicted molar refractivity (Wildman–Crippen MR) is 26.2 cm³/mol. The molecule has 0 aromatic carbocycles. The highest BCUT2D eigenvalue weighted by Crippen LogP contribution is 2.20. The van der Waals surface area contributed by atoms with Crippen molar-refractivity contribution in [3.05, 3.63) is 0 Å². The van der Waals surface area contributed by atoms with Crippen LogP contribution in [0, 0.1) is 0 Å². The molecule has 3 nitrogen and oxygen atoms in total. The summed E-state index contributed by atoms with van der Waals surface area (Å²) < 4.78 is 18.9. The van der Waals surface area contributed by atoms with Gasteiger partial charge in [0.15, 0.2) is 0 Å². The van der Waals surface area contributed by atoms with Crippen LogP contribution in [0.4, 0.5) is 0 Å². The van der Waals surface area contributed by atoms with Crippen LogP contribution in [0.15, 0.2) is 0 Å². The summed E-state index contributed by atoms with van der Waals surface area (Å²) in [6.07, 6.45) is 0. The molecule has 0 saturated heterocycles. The van der Waals surface area contributed by atoms with Crippen LogP contribution >= 0.6 is 8.25 Å². The van der Waals surface area contributed by atoms with E-state index in [1.807, 2.05) is 0 Å². The van der Waals surface area contributed by atoms with Gasteiger partial charge in [0.25, 0.3) is 0 Å². The van der Waals surface area contributed by atoms with Gasteiger partial charge in [-0.2, -0.15) is 0 Å². The lowest BCUT2D eigenvalue weighted by atomic mass is 10.9. The van der Waals surface area contributed by atoms with Crippen LogP contribution in [0.25, 0.3) is 0 Å². The van der Waals surface area contributed by atoms with E-state index in [0.717, 1.165) is 0 Å². The second kappa shape index (κ2) is 4.19. The first-order valence-corrected chi connectivity index (χ1v) is 3.05. The molecule has 1 unspecified atom stereocenters. The van der Waals surface area contributed by atoms with Crippen molar-refractivity contribution in [3.63, 3.8) is 0 Å². The largest absolute Gasteiger partial charge is 0.697 e. The Morgan fingerprint density at radius 2 is 2.29 bits per heavy atom. The summed E-state index contributed by atoms with van der Waals surface area (Å²) in [5.74, 6) is 0. The third-order valence-electron chi connectivity index (χ3n) is 0.384. The predicted octanol–water partition coefficient (Wildman–Crippen LogP) is 1.33. The number of hydrogen-bond acceptors (Lipinski definition) is 3. The monoisotopic (exact) mass is 123 g/mol. The molecule has 0 bridgehead atoms. The zero-order valence-electron chi connectivity index (χ0n) is 4.38. The molecule has 42 valence electrons. The van der Waals surface area contributed by atoms with E-state index in [9.17, 15) is 4.57 Å². The Bertz CT molecular complexity index is 63.2. The van der Waals surface area contributed by atoms with Gasteiger partial charge in [0, 0.05) is 4.57 Å². The molecule has 0 aromatic rings. The molecular weight excluding hydrogens is 115 g/mol. The molecule has 0 radical (unpaired) electrons. The summed E-state index contributed by atoms with van der Waals surface area (Å²) in [6, 6.07) is 0. The van der Waals surface area contributed by atoms with Crippen LogP contribution in [0.5, 0.6) is 0 Å². The molecule has 0 saturated carbocycles. The van der Waals surface area contributed by atoms with Crippen LogP contribution in [0.3, 0.4) is 0 Å². The minimum Gasteiger partial charge on any atom is -0.122 e. The molecule has 0 aliphatic carbocycles. The van der Waals surface area contributed by atoms with E-state index in [1.165, 1.54) is 7.11 Å². The first kappa shape index (κ1) is 7.02. The van der Waals surface area contributed by atoms with Gasteiger partial charge in [-0.1, -0.05) is 0 Å². The topological polar surface area (TPSA) is 35.5 Å². The molecule has 0 heterocycles. The maximum Gasteiger partial charge on any atom is 0.697 e. The average molecular weight is 123 g/mol. The molecule has 7 heavy (non-hydrogen) atoms. The Morgan fingerprint density at radius 3 is 2.43 bits per heavy atom. The normalized spacial score (nSPS) is 11.4. The third kappa shape index (κ3) is 3.86. The van der Waals surface area contributed by atoms with Crippen molar-refractivity contribution in [1.82, 2.24) is 0 Å². The third-order valence-corrected chi connectivity index (χ3v) is 1.15. The second-order valence-corrected chi connectivity index (χ2v) is 1.89. The highest BCUT2D eigenvalue weighted by Gasteiger charge is 2.13. The summed E-state index contributed by atoms with van der Waals surface area (Å²) in [6.45, 7) is 2.19. The lowest BCUT2D eigenvalue weighted by Gasteiger charge is -1.74. The first-order valence-electron chi connectivity index (χ1n) is 1.95. The van der Waals surface area contributed by atoms with E-state index in [1.54, 1.807) is 6.92 Å². The molecule has 0 N–H and O–H groups in total. The fourth-order valence-electron chi connectivity index (χ4n) is 0.158. The molecule has 0 aliphatic heterocycles. The fourth-order valence-corrected chi connectivity index (χ4v) is 0.474. The smallest absolute Gasteiger partial charge is 0.122 e. The molecule has 0 spiro atoms. The Balaban J connectivity index is 3.00. The van der Waals surface area contributed by atoms with Gasteiger partial charge in [-0.3, -0.25) is 0 Å². The van der Waals surface area contributed by atoms with Gasteiger partial charge in [0.2, 0.25) is 0 Å². The summed E-state index contributed by atoms with van der Waals surface area (Å²) >= 11 is 0. The number of hydrogen-bond donors (Lipinski definition) is 0. The molecule has 0 fully saturated rings. The molecule has 4 heteroatoms. The Kier molecular flexibility index (Phi) is 4.20. The van der Waals surface area contributed by atoms with Crippen LogP contribution in [-0.4, -0.2) is 13.7 Å². The van der Waals surface area contributed by atoms with E-state index < -0.39 is 8.25 Å². The molecule has 1 atom stereocenters. The molecular formula is C3H8O3P+. The molecule has 0 amide bonds. The van der Waals surface area contributed by atoms with E-state index in [2.05, 4.69) is 9.05 Å². The standard InChI is InChI=1S/C3H8O3P/c1-3-6-7(4)5-2/h3H2,1-2H3/q+1. The summed E-state index contributed by atoms with van der Waals surface area (Å²) in [4.78, 5) is 0. The summed E-state index contributed by atoms with van der Waals surface area (Å²) in [7, 11) is -0.487. The van der Waals surface area contributed by atoms with Gasteiger partial charge in [0.1, 0.15) is 6.61 Å². The van der Waals surface area contributed by atoms with Gasteiger partial charge in [-0.15, -0.1) is 9.05 Å². The van der Waals surface area contributed by atoms with Crippen LogP contribution in [-0.2, 0) is 13.6 Å². The Morgan fingerprint density at radius 1 is 1.71 bits per heavy atom. The van der Waals surface area contributed by atoms with Crippen LogP contribution < -0.4 is 0 Å². The van der Waals surface area contributed by atoms with Crippen molar-refractivity contribution in [3.8, 4) is 0 Å². The molecule has 0 aliphatic rings. The summed E-state index contributed by atoms with van der Waals surface area (Å²) in [5.41, 5.74) is 0. The minimum absolute atomic E-state index is 0.434. The summed E-state index contributed by atoms with van der Waals surface area (Å²) in [5, 5.41) is 0. The highest BCUT2D eigenvalue weighted by atomic mass is 31.1. The lowest BCUT2D eigenvalue weighted by Crippen LogP contribution is -1.76. The maximum atomic E-state index is 10.1. The van der Waals surface area contributed by atoms with Crippen molar-refractivity contribution in [2.24, 2.45) is 0 Å². The van der Waals surface area contributed by atoms with Crippen molar-refractivity contribution in [2.45, 2.75) is 6.92 Å². The first-order chi connectivity index (χ1) is 3.31. The van der Waals surface area contributed by atoms with Crippen molar-refractivity contribution < 1.29 is 13.6 Å². The van der Waals surface area contributed by atoms with E-state index in [-0.39, 0.29) is 0 Å². The average Bonchev–Trinajstić information content (AvgIpc) is 1.68. The van der Waals surface area contributed by atoms with E-state index in [4.69, 9.17) is 0 Å². The SMILES string of the molecule is CCO[P+](=O)OC. The van der Waals surface area contributed by atoms with Crippen LogP contribution in [0.1, 0.15) is 6.92 Å². The van der Waals surface area contributed by atoms with Gasteiger partial charge in [-0.05, 0) is 6.92 Å². The van der Waals surface area contributed by atoms with Crippen molar-refractivity contribution in [2.75, 3.05) is 13.7 Å². The second-order valence-electron chi connectivity index (χ2n) is 0.824. The minimum atomic E-state index is -1.83.